The first kappa shape index (κ1) is 12.4. The maximum absolute atomic E-state index is 13.8. The summed E-state index contributed by atoms with van der Waals surface area (Å²) in [6.45, 7) is 4.38. The molecule has 3 heteroatoms. The second-order valence-electron chi connectivity index (χ2n) is 5.86. The van der Waals surface area contributed by atoms with E-state index in [2.05, 4.69) is 13.8 Å². The fourth-order valence-electron chi connectivity index (χ4n) is 2.81. The van der Waals surface area contributed by atoms with Gasteiger partial charge in [-0.05, 0) is 36.7 Å². The highest BCUT2D eigenvalue weighted by atomic mass is 19.1. The van der Waals surface area contributed by atoms with Crippen LogP contribution in [0.3, 0.4) is 0 Å². The first-order valence-electron chi connectivity index (χ1n) is 6.13. The summed E-state index contributed by atoms with van der Waals surface area (Å²) >= 11 is 0. The molecule has 1 fully saturated rings. The molecule has 17 heavy (non-hydrogen) atoms. The van der Waals surface area contributed by atoms with Crippen molar-refractivity contribution in [3.8, 4) is 0 Å². The molecule has 0 saturated heterocycles. The molecule has 1 aromatic rings. The third kappa shape index (κ3) is 2.44. The average Bonchev–Trinajstić information content (AvgIpc) is 2.62. The number of nitrogen functional groups attached to an aromatic ring is 1. The van der Waals surface area contributed by atoms with E-state index < -0.39 is 11.9 Å². The van der Waals surface area contributed by atoms with E-state index in [-0.39, 0.29) is 17.0 Å². The van der Waals surface area contributed by atoms with E-state index in [1.807, 2.05) is 0 Å². The predicted octanol–water partition coefficient (Wildman–Crippen LogP) is 3.27. The maximum Gasteiger partial charge on any atom is 0.151 e. The Morgan fingerprint density at radius 2 is 2.18 bits per heavy atom. The molecular weight excluding hydrogens is 217 g/mol. The van der Waals surface area contributed by atoms with Gasteiger partial charge in [0.2, 0.25) is 0 Å². The number of rotatable bonds is 2. The third-order valence-corrected chi connectivity index (χ3v) is 3.83. The normalized spacial score (nSPS) is 24.8. The zero-order valence-corrected chi connectivity index (χ0v) is 10.4. The van der Waals surface area contributed by atoms with Gasteiger partial charge in [0.15, 0.2) is 5.82 Å². The van der Waals surface area contributed by atoms with E-state index in [0.29, 0.717) is 5.56 Å². The summed E-state index contributed by atoms with van der Waals surface area (Å²) < 4.78 is 13.8. The number of nitrogens with two attached hydrogens (primary N) is 1. The van der Waals surface area contributed by atoms with Crippen LogP contribution in [0.4, 0.5) is 10.1 Å². The minimum atomic E-state index is -0.736. The minimum absolute atomic E-state index is 0.110. The highest BCUT2D eigenvalue weighted by Gasteiger charge is 2.36. The predicted molar refractivity (Wildman–Crippen MR) is 66.9 cm³/mol. The standard InChI is InChI=1S/C14H20FNO/c1-14(2)7-6-9(8-14)13(17)10-4-3-5-11(16)12(10)15/h3-5,9,13,17H,6-8,16H2,1-2H3/t9-,13-/m0/s1. The largest absolute Gasteiger partial charge is 0.396 e. The van der Waals surface area contributed by atoms with E-state index in [4.69, 9.17) is 5.73 Å². The Morgan fingerprint density at radius 1 is 1.47 bits per heavy atom. The summed E-state index contributed by atoms with van der Waals surface area (Å²) in [5, 5.41) is 10.3. The van der Waals surface area contributed by atoms with Crippen molar-refractivity contribution in [3.05, 3.63) is 29.6 Å². The summed E-state index contributed by atoms with van der Waals surface area (Å²) in [5.74, 6) is -0.328. The molecule has 0 unspecified atom stereocenters. The van der Waals surface area contributed by atoms with E-state index in [1.165, 1.54) is 6.07 Å². The summed E-state index contributed by atoms with van der Waals surface area (Å²) in [6, 6.07) is 4.84. The van der Waals surface area contributed by atoms with Crippen molar-refractivity contribution in [2.24, 2.45) is 11.3 Å². The molecule has 2 atom stereocenters. The molecule has 2 nitrogen and oxygen atoms in total. The van der Waals surface area contributed by atoms with Gasteiger partial charge in [0, 0.05) is 5.56 Å². The minimum Gasteiger partial charge on any atom is -0.396 e. The van der Waals surface area contributed by atoms with Crippen LogP contribution in [-0.2, 0) is 0 Å². The zero-order valence-electron chi connectivity index (χ0n) is 10.4. The number of hydrogen-bond donors (Lipinski definition) is 2. The quantitative estimate of drug-likeness (QED) is 0.775. The second-order valence-corrected chi connectivity index (χ2v) is 5.86. The van der Waals surface area contributed by atoms with Crippen molar-refractivity contribution in [1.82, 2.24) is 0 Å². The Kier molecular flexibility index (Phi) is 3.13. The van der Waals surface area contributed by atoms with Crippen LogP contribution in [-0.4, -0.2) is 5.11 Å². The highest BCUT2D eigenvalue weighted by molar-refractivity contribution is 5.43. The first-order chi connectivity index (χ1) is 7.91. The fourth-order valence-corrected chi connectivity index (χ4v) is 2.81. The molecule has 0 radical (unpaired) electrons. The molecule has 0 bridgehead atoms. The average molecular weight is 237 g/mol. The zero-order chi connectivity index (χ0) is 12.6. The molecule has 1 aliphatic carbocycles. The van der Waals surface area contributed by atoms with Crippen molar-refractivity contribution in [2.75, 3.05) is 5.73 Å². The lowest BCUT2D eigenvalue weighted by Crippen LogP contribution is -2.14. The van der Waals surface area contributed by atoms with Gasteiger partial charge in [-0.3, -0.25) is 0 Å². The topological polar surface area (TPSA) is 46.2 Å². The van der Waals surface area contributed by atoms with Crippen LogP contribution in [0.5, 0.6) is 0 Å². The van der Waals surface area contributed by atoms with Gasteiger partial charge in [-0.25, -0.2) is 4.39 Å². The molecule has 0 aliphatic heterocycles. The van der Waals surface area contributed by atoms with Crippen molar-refractivity contribution < 1.29 is 9.50 Å². The number of anilines is 1. The Morgan fingerprint density at radius 3 is 2.76 bits per heavy atom. The van der Waals surface area contributed by atoms with Gasteiger partial charge >= 0.3 is 0 Å². The summed E-state index contributed by atoms with van der Waals surface area (Å²) in [7, 11) is 0. The lowest BCUT2D eigenvalue weighted by Gasteiger charge is -2.22. The lowest BCUT2D eigenvalue weighted by molar-refractivity contribution is 0.102. The Balaban J connectivity index is 2.20. The van der Waals surface area contributed by atoms with Crippen LogP contribution < -0.4 is 5.73 Å². The number of benzene rings is 1. The Hall–Kier alpha value is -1.09. The molecule has 2 rings (SSSR count). The fraction of sp³-hybridized carbons (Fsp3) is 0.571. The third-order valence-electron chi connectivity index (χ3n) is 3.83. The summed E-state index contributed by atoms with van der Waals surface area (Å²) in [5.41, 5.74) is 6.23. The molecule has 0 heterocycles. The monoisotopic (exact) mass is 237 g/mol. The molecule has 0 amide bonds. The smallest absolute Gasteiger partial charge is 0.151 e. The van der Waals surface area contributed by atoms with Crippen molar-refractivity contribution >= 4 is 5.69 Å². The molecule has 1 aliphatic rings. The summed E-state index contributed by atoms with van der Waals surface area (Å²) in [6.07, 6.45) is 2.23. The molecule has 0 spiro atoms. The lowest BCUT2D eigenvalue weighted by atomic mass is 9.87. The SMILES string of the molecule is CC1(C)CC[C@H]([C@H](O)c2cccc(N)c2F)C1. The van der Waals surface area contributed by atoms with Gasteiger partial charge in [0.25, 0.3) is 0 Å². The molecule has 1 saturated carbocycles. The van der Waals surface area contributed by atoms with Crippen LogP contribution >= 0.6 is 0 Å². The van der Waals surface area contributed by atoms with Crippen LogP contribution in [0, 0.1) is 17.2 Å². The van der Waals surface area contributed by atoms with Crippen LogP contribution in [0.1, 0.15) is 44.8 Å². The van der Waals surface area contributed by atoms with Gasteiger partial charge in [0.05, 0.1) is 11.8 Å². The number of aliphatic hydroxyl groups excluding tert-OH is 1. The second kappa shape index (κ2) is 4.30. The molecule has 94 valence electrons. The van der Waals surface area contributed by atoms with Crippen LogP contribution in [0.15, 0.2) is 18.2 Å². The van der Waals surface area contributed by atoms with Gasteiger partial charge in [-0.1, -0.05) is 26.0 Å². The highest BCUT2D eigenvalue weighted by Crippen LogP contribution is 2.46. The summed E-state index contributed by atoms with van der Waals surface area (Å²) in [4.78, 5) is 0. The van der Waals surface area contributed by atoms with E-state index in [1.54, 1.807) is 12.1 Å². The van der Waals surface area contributed by atoms with Crippen LogP contribution in [0.25, 0.3) is 0 Å². The van der Waals surface area contributed by atoms with Gasteiger partial charge < -0.3 is 10.8 Å². The van der Waals surface area contributed by atoms with Crippen LogP contribution in [0.2, 0.25) is 0 Å². The van der Waals surface area contributed by atoms with Crippen molar-refractivity contribution in [2.45, 2.75) is 39.2 Å². The maximum atomic E-state index is 13.8. The van der Waals surface area contributed by atoms with Gasteiger partial charge in [-0.15, -0.1) is 0 Å². The molecule has 0 aromatic heterocycles. The Labute approximate surface area is 102 Å². The van der Waals surface area contributed by atoms with Gasteiger partial charge in [0.1, 0.15) is 0 Å². The van der Waals surface area contributed by atoms with E-state index >= 15 is 0 Å². The molecular formula is C14H20FNO. The molecule has 3 N–H and O–H groups in total. The van der Waals surface area contributed by atoms with E-state index in [9.17, 15) is 9.50 Å². The number of aliphatic hydroxyl groups is 1. The van der Waals surface area contributed by atoms with Crippen molar-refractivity contribution in [3.63, 3.8) is 0 Å². The van der Waals surface area contributed by atoms with Crippen molar-refractivity contribution in [1.29, 1.82) is 0 Å². The first-order valence-corrected chi connectivity index (χ1v) is 6.13. The molecule has 1 aromatic carbocycles. The Bertz CT molecular complexity index is 417. The number of halogens is 1. The van der Waals surface area contributed by atoms with Gasteiger partial charge in [-0.2, -0.15) is 0 Å². The van der Waals surface area contributed by atoms with E-state index in [0.717, 1.165) is 19.3 Å². The number of hydrogen-bond acceptors (Lipinski definition) is 2.